The molecule has 0 bridgehead atoms. The topological polar surface area (TPSA) is 51.2 Å². The second kappa shape index (κ2) is 5.34. The van der Waals surface area contributed by atoms with Crippen molar-refractivity contribution in [3.05, 3.63) is 22.6 Å². The van der Waals surface area contributed by atoms with Gasteiger partial charge >= 0.3 is 0 Å². The number of rotatable bonds is 3. The predicted molar refractivity (Wildman–Crippen MR) is 67.6 cm³/mol. The maximum atomic E-state index is 5.68. The van der Waals surface area contributed by atoms with Crippen molar-refractivity contribution in [1.82, 2.24) is 5.43 Å². The van der Waals surface area contributed by atoms with Crippen LogP contribution in [0.15, 0.2) is 21.2 Å². The molecule has 1 aromatic rings. The van der Waals surface area contributed by atoms with E-state index in [0.717, 1.165) is 16.2 Å². The quantitative estimate of drug-likeness (QED) is 0.662. The highest BCUT2D eigenvalue weighted by atomic mass is 79.9. The van der Waals surface area contributed by atoms with E-state index in [-0.39, 0.29) is 6.04 Å². The van der Waals surface area contributed by atoms with Crippen LogP contribution in [0.5, 0.6) is 0 Å². The third-order valence-electron chi connectivity index (χ3n) is 3.56. The smallest absolute Gasteiger partial charge is 0.136 e. The van der Waals surface area contributed by atoms with Gasteiger partial charge in [-0.2, -0.15) is 0 Å². The van der Waals surface area contributed by atoms with Crippen molar-refractivity contribution >= 4 is 15.9 Å². The van der Waals surface area contributed by atoms with Gasteiger partial charge in [-0.05, 0) is 46.7 Å². The lowest BCUT2D eigenvalue weighted by Crippen LogP contribution is -2.35. The first-order chi connectivity index (χ1) is 7.72. The lowest BCUT2D eigenvalue weighted by Gasteiger charge is -2.32. The second-order valence-electron chi connectivity index (χ2n) is 4.81. The minimum atomic E-state index is 0.132. The summed E-state index contributed by atoms with van der Waals surface area (Å²) in [6.07, 6.45) is 6.79. The molecule has 1 fully saturated rings. The van der Waals surface area contributed by atoms with Crippen molar-refractivity contribution in [2.24, 2.45) is 17.7 Å². The van der Waals surface area contributed by atoms with Gasteiger partial charge in [0.2, 0.25) is 0 Å². The van der Waals surface area contributed by atoms with Crippen LogP contribution in [-0.4, -0.2) is 0 Å². The van der Waals surface area contributed by atoms with Crippen LogP contribution < -0.4 is 11.3 Å². The Bertz CT molecular complexity index is 340. The number of hydrogen-bond donors (Lipinski definition) is 2. The molecule has 1 heterocycles. The Morgan fingerprint density at radius 2 is 2.38 bits per heavy atom. The van der Waals surface area contributed by atoms with E-state index in [1.54, 1.807) is 6.26 Å². The third kappa shape index (κ3) is 2.50. The molecule has 1 aliphatic rings. The number of halogens is 1. The van der Waals surface area contributed by atoms with Crippen molar-refractivity contribution in [2.75, 3.05) is 0 Å². The molecule has 2 rings (SSSR count). The van der Waals surface area contributed by atoms with E-state index in [2.05, 4.69) is 28.3 Å². The van der Waals surface area contributed by atoms with Crippen LogP contribution in [0, 0.1) is 11.8 Å². The first kappa shape index (κ1) is 12.1. The first-order valence-electron chi connectivity index (χ1n) is 5.91. The molecule has 0 spiro atoms. The van der Waals surface area contributed by atoms with Gasteiger partial charge in [0.05, 0.1) is 16.8 Å². The largest absolute Gasteiger partial charge is 0.466 e. The van der Waals surface area contributed by atoms with E-state index in [1.807, 2.05) is 6.07 Å². The van der Waals surface area contributed by atoms with Crippen molar-refractivity contribution in [3.8, 4) is 0 Å². The molecule has 16 heavy (non-hydrogen) atoms. The van der Waals surface area contributed by atoms with Gasteiger partial charge in [0.1, 0.15) is 5.76 Å². The average Bonchev–Trinajstić information content (AvgIpc) is 2.67. The summed E-state index contributed by atoms with van der Waals surface area (Å²) >= 11 is 3.50. The summed E-state index contributed by atoms with van der Waals surface area (Å²) in [6.45, 7) is 2.32. The molecule has 1 aromatic heterocycles. The molecular weight excluding hydrogens is 268 g/mol. The summed E-state index contributed by atoms with van der Waals surface area (Å²) in [6, 6.07) is 2.05. The average molecular weight is 287 g/mol. The van der Waals surface area contributed by atoms with E-state index < -0.39 is 0 Å². The van der Waals surface area contributed by atoms with Gasteiger partial charge in [0.15, 0.2) is 0 Å². The van der Waals surface area contributed by atoms with Crippen molar-refractivity contribution < 1.29 is 4.42 Å². The molecule has 90 valence electrons. The fourth-order valence-electron chi connectivity index (χ4n) is 2.74. The highest BCUT2D eigenvalue weighted by Crippen LogP contribution is 2.39. The molecule has 0 saturated heterocycles. The van der Waals surface area contributed by atoms with Crippen LogP contribution in [0.3, 0.4) is 0 Å². The Balaban J connectivity index is 2.13. The number of hydrogen-bond acceptors (Lipinski definition) is 3. The SMILES string of the molecule is CC1CCCC(C(NN)c2occc2Br)C1. The Hall–Kier alpha value is -0.320. The lowest BCUT2D eigenvalue weighted by atomic mass is 9.78. The Morgan fingerprint density at radius 1 is 1.56 bits per heavy atom. The Labute approximate surface area is 105 Å². The fraction of sp³-hybridized carbons (Fsp3) is 0.667. The summed E-state index contributed by atoms with van der Waals surface area (Å²) in [5, 5.41) is 0. The highest BCUT2D eigenvalue weighted by molar-refractivity contribution is 9.10. The molecule has 0 radical (unpaired) electrons. The van der Waals surface area contributed by atoms with Crippen molar-refractivity contribution in [3.63, 3.8) is 0 Å². The molecule has 1 aliphatic carbocycles. The maximum absolute atomic E-state index is 5.68. The van der Waals surface area contributed by atoms with E-state index in [9.17, 15) is 0 Å². The number of hydrazine groups is 1. The van der Waals surface area contributed by atoms with Gasteiger partial charge in [-0.25, -0.2) is 5.43 Å². The summed E-state index contributed by atoms with van der Waals surface area (Å²) < 4.78 is 6.52. The van der Waals surface area contributed by atoms with E-state index in [1.165, 1.54) is 25.7 Å². The molecular formula is C12H19BrN2O. The normalized spacial score (nSPS) is 27.9. The van der Waals surface area contributed by atoms with Gasteiger partial charge in [-0.15, -0.1) is 0 Å². The first-order valence-corrected chi connectivity index (χ1v) is 6.70. The minimum absolute atomic E-state index is 0.132. The van der Waals surface area contributed by atoms with Crippen LogP contribution in [0.1, 0.15) is 44.4 Å². The predicted octanol–water partition coefficient (Wildman–Crippen LogP) is 3.37. The highest BCUT2D eigenvalue weighted by Gasteiger charge is 2.30. The number of nitrogens with one attached hydrogen (secondary N) is 1. The van der Waals surface area contributed by atoms with Crippen LogP contribution in [0.25, 0.3) is 0 Å². The van der Waals surface area contributed by atoms with Crippen LogP contribution >= 0.6 is 15.9 Å². The monoisotopic (exact) mass is 286 g/mol. The fourth-order valence-corrected chi connectivity index (χ4v) is 3.18. The van der Waals surface area contributed by atoms with Crippen LogP contribution in [-0.2, 0) is 0 Å². The van der Waals surface area contributed by atoms with Crippen LogP contribution in [0.4, 0.5) is 0 Å². The zero-order valence-electron chi connectivity index (χ0n) is 9.58. The molecule has 0 aromatic carbocycles. The Kier molecular flexibility index (Phi) is 4.05. The lowest BCUT2D eigenvalue weighted by molar-refractivity contribution is 0.205. The zero-order valence-corrected chi connectivity index (χ0v) is 11.2. The molecule has 0 amide bonds. The number of nitrogens with two attached hydrogens (primary N) is 1. The third-order valence-corrected chi connectivity index (χ3v) is 4.21. The zero-order chi connectivity index (χ0) is 11.5. The van der Waals surface area contributed by atoms with Gasteiger partial charge in [0, 0.05) is 0 Å². The van der Waals surface area contributed by atoms with E-state index in [4.69, 9.17) is 10.3 Å². The van der Waals surface area contributed by atoms with Gasteiger partial charge in [-0.1, -0.05) is 19.8 Å². The van der Waals surface area contributed by atoms with Crippen LogP contribution in [0.2, 0.25) is 0 Å². The summed E-state index contributed by atoms with van der Waals surface area (Å²) in [7, 11) is 0. The molecule has 0 aliphatic heterocycles. The van der Waals surface area contributed by atoms with Crippen molar-refractivity contribution in [2.45, 2.75) is 38.6 Å². The summed E-state index contributed by atoms with van der Waals surface area (Å²) in [5.74, 6) is 7.98. The number of furan rings is 1. The standard InChI is InChI=1S/C12H19BrN2O/c1-8-3-2-4-9(7-8)11(15-14)12-10(13)5-6-16-12/h5-6,8-9,11,15H,2-4,7,14H2,1H3. The summed E-state index contributed by atoms with van der Waals surface area (Å²) in [5.41, 5.74) is 2.91. The molecule has 3 N–H and O–H groups in total. The van der Waals surface area contributed by atoms with E-state index in [0.29, 0.717) is 5.92 Å². The molecule has 3 nitrogen and oxygen atoms in total. The Morgan fingerprint density at radius 3 is 2.94 bits per heavy atom. The van der Waals surface area contributed by atoms with Gasteiger partial charge in [-0.3, -0.25) is 5.84 Å². The van der Waals surface area contributed by atoms with Gasteiger partial charge < -0.3 is 4.42 Å². The molecule has 4 heteroatoms. The van der Waals surface area contributed by atoms with Crippen molar-refractivity contribution in [1.29, 1.82) is 0 Å². The second-order valence-corrected chi connectivity index (χ2v) is 5.66. The molecule has 3 atom stereocenters. The minimum Gasteiger partial charge on any atom is -0.466 e. The van der Waals surface area contributed by atoms with E-state index >= 15 is 0 Å². The maximum Gasteiger partial charge on any atom is 0.136 e. The summed E-state index contributed by atoms with van der Waals surface area (Å²) in [4.78, 5) is 0. The molecule has 1 saturated carbocycles. The molecule has 3 unspecified atom stereocenters. The van der Waals surface area contributed by atoms with Gasteiger partial charge in [0.25, 0.3) is 0 Å².